The van der Waals surface area contributed by atoms with Gasteiger partial charge >= 0.3 is 0 Å². The molecule has 3 N–H and O–H groups in total. The van der Waals surface area contributed by atoms with E-state index in [-0.39, 0.29) is 96.7 Å². The van der Waals surface area contributed by atoms with Gasteiger partial charge in [0.25, 0.3) is 17.7 Å². The van der Waals surface area contributed by atoms with Crippen molar-refractivity contribution in [3.05, 3.63) is 247 Å². The molecule has 23 nitrogen and oxygen atoms in total. The number of carbonyl (C=O) groups is 6. The molecule has 0 radical (unpaired) electrons. The molecule has 26 heteroatoms. The number of Topliss-reactive ketones (excluding diaryl/α,β-unsaturated/α-hetero) is 3. The van der Waals surface area contributed by atoms with Crippen LogP contribution in [0.2, 0.25) is 0 Å². The minimum absolute atomic E-state index is 0.0201. The molecule has 2 heterocycles. The molecule has 1 aliphatic rings. The maximum absolute atomic E-state index is 13.6. The number of nitrogens with zero attached hydrogens (tertiary/aromatic N) is 1. The molecular weight excluding hydrogens is 1550 g/mol. The highest BCUT2D eigenvalue weighted by molar-refractivity contribution is 7.92. The van der Waals surface area contributed by atoms with Crippen molar-refractivity contribution in [3.8, 4) is 85.1 Å². The van der Waals surface area contributed by atoms with E-state index in [4.69, 9.17) is 33.2 Å². The average Bonchev–Trinajstić information content (AvgIpc) is 0.796. The van der Waals surface area contributed by atoms with Gasteiger partial charge in [-0.25, -0.2) is 25.3 Å². The van der Waals surface area contributed by atoms with Gasteiger partial charge in [0, 0.05) is 49.2 Å². The number of rotatable bonds is 30. The minimum Gasteiger partial charge on any atom is -0.497 e. The first-order valence-corrected chi connectivity index (χ1v) is 42.5. The normalized spacial score (nSPS) is 12.3. The average molecular weight is 1650 g/mol. The summed E-state index contributed by atoms with van der Waals surface area (Å²) < 4.78 is 120. The van der Waals surface area contributed by atoms with E-state index in [0.717, 1.165) is 50.6 Å². The number of amides is 3. The first-order chi connectivity index (χ1) is 55.3. The van der Waals surface area contributed by atoms with E-state index in [9.17, 15) is 54.0 Å². The minimum atomic E-state index is -4.16. The molecule has 11 rings (SSSR count). The molecule has 1 aromatic heterocycles. The number of ether oxygens (including phenoxy) is 7. The molecule has 0 atom stereocenters. The third kappa shape index (κ3) is 26.6. The van der Waals surface area contributed by atoms with Crippen molar-refractivity contribution in [1.29, 1.82) is 0 Å². The molecule has 9 aromatic carbocycles. The molecule has 0 unspecified atom stereocenters. The molecule has 3 amide bonds. The van der Waals surface area contributed by atoms with Crippen LogP contribution in [-0.4, -0.2) is 130 Å². The highest BCUT2D eigenvalue weighted by Gasteiger charge is 2.32. The van der Waals surface area contributed by atoms with Crippen LogP contribution >= 0.6 is 0 Å². The molecule has 614 valence electrons. The molecule has 1 fully saturated rings. The van der Waals surface area contributed by atoms with Gasteiger partial charge in [-0.15, -0.1) is 0 Å². The van der Waals surface area contributed by atoms with Gasteiger partial charge in [-0.05, 0) is 189 Å². The summed E-state index contributed by atoms with van der Waals surface area (Å²) in [7, 11) is -6.11. The summed E-state index contributed by atoms with van der Waals surface area (Å²) in [6.07, 6.45) is 1.93. The number of hydrogen-bond donors (Lipinski definition) is 3. The summed E-state index contributed by atoms with van der Waals surface area (Å²) in [4.78, 5) is 79.4. The van der Waals surface area contributed by atoms with Gasteiger partial charge in [0.05, 0.1) is 52.8 Å². The molecule has 1 aliphatic heterocycles. The predicted molar refractivity (Wildman–Crippen MR) is 449 cm³/mol. The number of methoxy groups -OCH3 is 3. The van der Waals surface area contributed by atoms with Crippen molar-refractivity contribution in [3.63, 3.8) is 0 Å². The first-order valence-electron chi connectivity index (χ1n) is 37.5. The third-order valence-corrected chi connectivity index (χ3v) is 22.7. The lowest BCUT2D eigenvalue weighted by Gasteiger charge is -2.26. The van der Waals surface area contributed by atoms with Gasteiger partial charge in [-0.2, -0.15) is 0 Å². The van der Waals surface area contributed by atoms with Crippen LogP contribution in [0.15, 0.2) is 239 Å². The Morgan fingerprint density at radius 2 is 0.718 bits per heavy atom. The second-order valence-electron chi connectivity index (χ2n) is 31.5. The van der Waals surface area contributed by atoms with E-state index < -0.39 is 81.8 Å². The Morgan fingerprint density at radius 3 is 1.01 bits per heavy atom. The van der Waals surface area contributed by atoms with Crippen molar-refractivity contribution in [2.45, 2.75) is 109 Å². The van der Waals surface area contributed by atoms with E-state index in [1.807, 2.05) is 159 Å². The largest absolute Gasteiger partial charge is 0.497 e. The van der Waals surface area contributed by atoms with Gasteiger partial charge in [-0.1, -0.05) is 141 Å². The fourth-order valence-corrected chi connectivity index (χ4v) is 16.4. The van der Waals surface area contributed by atoms with Crippen LogP contribution in [0.25, 0.3) is 33.4 Å². The molecule has 117 heavy (non-hydrogen) atoms. The zero-order valence-corrected chi connectivity index (χ0v) is 70.2. The van der Waals surface area contributed by atoms with Crippen LogP contribution in [0.5, 0.6) is 51.7 Å². The Labute approximate surface area is 684 Å². The van der Waals surface area contributed by atoms with Crippen LogP contribution in [0, 0.1) is 16.2 Å². The van der Waals surface area contributed by atoms with Gasteiger partial charge in [0.15, 0.2) is 29.5 Å². The SMILES string of the molecule is CNC(=O)c1ccc(Oc2cccc(-c3ccc(OC)cc3)c2)c(S(=O)(=O)CC(=O)CC(C)(C)C)c1.COc1ccc(-c2cccc(Oc3ccc(C(=O)NC4COC4)cc3S(=O)(=O)CC(=O)CC(C)(C)C)c2)cc1.COc1ccc(-c2cccc(Oc3ccc(C(=O)NCc4ccccn4)cc3S(=O)(=O)CC(=O)CC(C)(C)C)c2)cc1. The number of hydrogen-bond acceptors (Lipinski definition) is 20. The molecule has 0 spiro atoms. The second kappa shape index (κ2) is 39.2. The summed E-state index contributed by atoms with van der Waals surface area (Å²) >= 11 is 0. The van der Waals surface area contributed by atoms with Crippen LogP contribution in [0.1, 0.15) is 118 Å². The highest BCUT2D eigenvalue weighted by Crippen LogP contribution is 2.39. The number of ketones is 3. The Bertz CT molecular complexity index is 5560. The number of carbonyl (C=O) groups excluding carboxylic acids is 6. The zero-order valence-electron chi connectivity index (χ0n) is 67.7. The highest BCUT2D eigenvalue weighted by atomic mass is 32.2. The van der Waals surface area contributed by atoms with Crippen LogP contribution < -0.4 is 44.4 Å². The second-order valence-corrected chi connectivity index (χ2v) is 37.3. The number of aromatic nitrogens is 1. The lowest BCUT2D eigenvalue weighted by Crippen LogP contribution is -2.48. The standard InChI is InChI=1S/C33H34N2O6S.C30H33NO7S.C28H31NO6S/c1-33(2,3)20-27(36)22-42(38,39)31-19-25(32(37)35-21-26-9-5-6-17-34-26)13-16-30(31)41-29-10-7-8-24(18-29)23-11-14-28(40-4)15-12-23;1-30(2,3)16-24(32)19-39(34,35)28-15-22(29(33)31-23-17-37-18-23)10-13-27(28)38-26-7-5-6-21(14-26)20-8-11-25(36-4)12-9-20;1-28(2,3)17-22(30)18-36(32,33)26-16-21(27(31)29-4)11-14-25(26)35-24-8-6-7-20(15-24)19-9-12-23(34-5)13-10-19/h5-19H,20-22H2,1-4H3,(H,35,37);5-15,23H,16-19H2,1-4H3,(H,31,33);6-16H,17-18H2,1-5H3,(H,29,31). The number of sulfone groups is 3. The topological polar surface area (TPSA) is 318 Å². The Hall–Kier alpha value is -11.8. The maximum Gasteiger partial charge on any atom is 0.251 e. The summed E-state index contributed by atoms with van der Waals surface area (Å²) in [5.41, 5.74) is 5.34. The molecular formula is C91H98N4O19S3. The molecule has 10 aromatic rings. The monoisotopic (exact) mass is 1650 g/mol. The van der Waals surface area contributed by atoms with E-state index >= 15 is 0 Å². The van der Waals surface area contributed by atoms with Gasteiger partial charge < -0.3 is 49.1 Å². The van der Waals surface area contributed by atoms with Crippen molar-refractivity contribution < 1.29 is 87.2 Å². The van der Waals surface area contributed by atoms with Gasteiger partial charge in [0.2, 0.25) is 0 Å². The van der Waals surface area contributed by atoms with Crippen molar-refractivity contribution in [2.24, 2.45) is 16.2 Å². The van der Waals surface area contributed by atoms with Gasteiger partial charge in [0.1, 0.15) is 101 Å². The third-order valence-electron chi connectivity index (χ3n) is 17.7. The first kappa shape index (κ1) is 89.1. The lowest BCUT2D eigenvalue weighted by atomic mass is 9.90. The summed E-state index contributed by atoms with van der Waals surface area (Å²) in [5, 5.41) is 8.05. The number of pyridine rings is 1. The summed E-state index contributed by atoms with van der Waals surface area (Å²) in [5.74, 6) is -1.13. The molecule has 0 saturated carbocycles. The maximum atomic E-state index is 13.6. The zero-order chi connectivity index (χ0) is 85.0. The number of benzene rings is 9. The van der Waals surface area contributed by atoms with E-state index in [1.54, 1.807) is 94.3 Å². The van der Waals surface area contributed by atoms with Crippen LogP contribution in [0.3, 0.4) is 0 Å². The summed E-state index contributed by atoms with van der Waals surface area (Å²) in [6.45, 7) is 17.8. The fourth-order valence-electron chi connectivity index (χ4n) is 12.2. The van der Waals surface area contributed by atoms with E-state index in [2.05, 4.69) is 20.9 Å². The van der Waals surface area contributed by atoms with E-state index in [0.29, 0.717) is 36.2 Å². The lowest BCUT2D eigenvalue weighted by molar-refractivity contribution is -0.119. The smallest absolute Gasteiger partial charge is 0.251 e. The van der Waals surface area contributed by atoms with Crippen LogP contribution in [0.4, 0.5) is 0 Å². The van der Waals surface area contributed by atoms with Crippen molar-refractivity contribution in [1.82, 2.24) is 20.9 Å². The van der Waals surface area contributed by atoms with E-state index in [1.165, 1.54) is 61.6 Å². The Kier molecular flexibility index (Phi) is 29.9. The quantitative estimate of drug-likeness (QED) is 0.0376. The predicted octanol–water partition coefficient (Wildman–Crippen LogP) is 16.6. The molecule has 1 saturated heterocycles. The van der Waals surface area contributed by atoms with Crippen LogP contribution in [-0.2, 0) is 55.2 Å². The fraction of sp³-hybridized carbons (Fsp3) is 0.286. The number of nitrogens with one attached hydrogen (secondary N) is 3. The van der Waals surface area contributed by atoms with Gasteiger partial charge in [-0.3, -0.25) is 33.8 Å². The molecule has 0 aliphatic carbocycles. The molecule has 0 bridgehead atoms. The Balaban J connectivity index is 0.000000201. The van der Waals surface area contributed by atoms with Crippen molar-refractivity contribution >= 4 is 64.6 Å². The Morgan fingerprint density at radius 1 is 0.385 bits per heavy atom. The van der Waals surface area contributed by atoms with Crippen molar-refractivity contribution in [2.75, 3.05) is 58.8 Å². The summed E-state index contributed by atoms with van der Waals surface area (Å²) in [6, 6.07) is 62.0.